The van der Waals surface area contributed by atoms with Crippen LogP contribution in [0.3, 0.4) is 0 Å². The molecule has 1 N–H and O–H groups in total. The number of halogens is 3. The molecule has 0 aliphatic rings. The van der Waals surface area contributed by atoms with Crippen LogP contribution in [0.25, 0.3) is 10.1 Å². The van der Waals surface area contributed by atoms with Crippen molar-refractivity contribution in [2.75, 3.05) is 0 Å². The average molecular weight is 449 g/mol. The van der Waals surface area contributed by atoms with Crippen molar-refractivity contribution in [1.82, 2.24) is 10.4 Å². The van der Waals surface area contributed by atoms with Crippen molar-refractivity contribution >= 4 is 33.2 Å². The van der Waals surface area contributed by atoms with Gasteiger partial charge in [-0.15, -0.1) is 11.3 Å². The highest BCUT2D eigenvalue weighted by Crippen LogP contribution is 2.34. The number of hydrogen-bond acceptors (Lipinski definition) is 3. The Hall–Kier alpha value is -2.87. The Morgan fingerprint density at radius 2 is 1.55 bits per heavy atom. The molecule has 0 saturated carbocycles. The first-order valence-corrected chi connectivity index (χ1v) is 10.4. The summed E-state index contributed by atoms with van der Waals surface area (Å²) < 4.78 is 39.5. The van der Waals surface area contributed by atoms with E-state index in [-0.39, 0.29) is 10.8 Å². The van der Waals surface area contributed by atoms with Gasteiger partial charge in [-0.2, -0.15) is 13.2 Å². The van der Waals surface area contributed by atoms with Crippen molar-refractivity contribution in [3.8, 4) is 0 Å². The second-order valence-corrected chi connectivity index (χ2v) is 9.57. The molecule has 31 heavy (non-hydrogen) atoms. The monoisotopic (exact) mass is 448 g/mol. The maximum absolute atomic E-state index is 13.2. The molecule has 2 aromatic carbocycles. The lowest BCUT2D eigenvalue weighted by Crippen LogP contribution is -2.55. The smallest absolute Gasteiger partial charge is 0.267 e. The van der Waals surface area contributed by atoms with Gasteiger partial charge in [-0.05, 0) is 76.4 Å². The van der Waals surface area contributed by atoms with Gasteiger partial charge in [0.25, 0.3) is 11.8 Å². The molecule has 8 heteroatoms. The van der Waals surface area contributed by atoms with Crippen LogP contribution in [0.4, 0.5) is 13.2 Å². The van der Waals surface area contributed by atoms with Crippen molar-refractivity contribution in [2.24, 2.45) is 0 Å². The summed E-state index contributed by atoms with van der Waals surface area (Å²) in [7, 11) is 0. The van der Waals surface area contributed by atoms with Crippen LogP contribution in [0, 0.1) is 13.8 Å². The van der Waals surface area contributed by atoms with Crippen LogP contribution in [0.1, 0.15) is 57.5 Å². The number of aryl methyl sites for hydroxylation is 2. The zero-order valence-corrected chi connectivity index (χ0v) is 18.7. The fraction of sp³-hybridized carbons (Fsp3) is 0.304. The maximum atomic E-state index is 13.2. The summed E-state index contributed by atoms with van der Waals surface area (Å²) in [6.45, 7) is 9.13. The molecule has 0 radical (unpaired) electrons. The molecular formula is C23H23F3N2O2S. The van der Waals surface area contributed by atoms with Crippen LogP contribution in [0.15, 0.2) is 42.5 Å². The number of rotatable bonds is 2. The van der Waals surface area contributed by atoms with Gasteiger partial charge >= 0.3 is 6.18 Å². The molecule has 3 rings (SSSR count). The zero-order valence-electron chi connectivity index (χ0n) is 17.8. The van der Waals surface area contributed by atoms with Gasteiger partial charge in [0.1, 0.15) is 0 Å². The molecule has 0 aliphatic carbocycles. The Balaban J connectivity index is 1.91. The number of hydrogen-bond donors (Lipinski definition) is 1. The SMILES string of the molecule is Cc1cc(C)cc(C(=O)N(NC(=O)c2cc3cc(C(F)(F)F)ccc3s2)C(C)(C)C)c1. The highest BCUT2D eigenvalue weighted by Gasteiger charge is 2.32. The summed E-state index contributed by atoms with van der Waals surface area (Å²) in [5.74, 6) is -0.921. The van der Waals surface area contributed by atoms with E-state index in [1.807, 2.05) is 19.9 Å². The van der Waals surface area contributed by atoms with Crippen LogP contribution < -0.4 is 5.43 Å². The van der Waals surface area contributed by atoms with E-state index in [9.17, 15) is 22.8 Å². The van der Waals surface area contributed by atoms with Crippen molar-refractivity contribution < 1.29 is 22.8 Å². The number of hydrazine groups is 1. The van der Waals surface area contributed by atoms with Crippen LogP contribution in [-0.4, -0.2) is 22.4 Å². The van der Waals surface area contributed by atoms with E-state index in [1.165, 1.54) is 17.1 Å². The van der Waals surface area contributed by atoms with Gasteiger partial charge in [0.05, 0.1) is 16.0 Å². The van der Waals surface area contributed by atoms with Crippen molar-refractivity contribution in [1.29, 1.82) is 0 Å². The number of benzene rings is 2. The first kappa shape index (κ1) is 22.8. The summed E-state index contributed by atoms with van der Waals surface area (Å²) >= 11 is 1.07. The largest absolute Gasteiger partial charge is 0.416 e. The van der Waals surface area contributed by atoms with Gasteiger partial charge in [-0.25, -0.2) is 5.01 Å². The lowest BCUT2D eigenvalue weighted by Gasteiger charge is -2.35. The predicted molar refractivity (Wildman–Crippen MR) is 116 cm³/mol. The summed E-state index contributed by atoms with van der Waals surface area (Å²) in [6, 6.07) is 10.2. The molecule has 0 spiro atoms. The highest BCUT2D eigenvalue weighted by molar-refractivity contribution is 7.20. The highest BCUT2D eigenvalue weighted by atomic mass is 32.1. The minimum absolute atomic E-state index is 0.219. The second kappa shape index (κ2) is 8.00. The minimum atomic E-state index is -4.46. The Morgan fingerprint density at radius 3 is 2.10 bits per heavy atom. The summed E-state index contributed by atoms with van der Waals surface area (Å²) in [5.41, 5.74) is 3.44. The summed E-state index contributed by atoms with van der Waals surface area (Å²) in [4.78, 5) is 26.3. The normalized spacial score (nSPS) is 12.1. The molecule has 164 valence electrons. The fourth-order valence-corrected chi connectivity index (χ4v) is 4.17. The standard InChI is InChI=1S/C23H23F3N2O2S/c1-13-8-14(2)10-16(9-13)21(30)28(22(3,4)5)27-20(29)19-12-15-11-17(23(24,25)26)6-7-18(15)31-19/h6-12H,1-5H3,(H,27,29). The quantitative estimate of drug-likeness (QED) is 0.480. The molecule has 2 amide bonds. The molecule has 0 fully saturated rings. The zero-order chi connectivity index (χ0) is 23.1. The summed E-state index contributed by atoms with van der Waals surface area (Å²) in [6.07, 6.45) is -4.46. The molecule has 0 atom stereocenters. The minimum Gasteiger partial charge on any atom is -0.267 e. The van der Waals surface area contributed by atoms with Crippen LogP contribution >= 0.6 is 11.3 Å². The van der Waals surface area contributed by atoms with Gasteiger partial charge < -0.3 is 0 Å². The summed E-state index contributed by atoms with van der Waals surface area (Å²) in [5, 5.41) is 1.59. The number of thiophene rings is 1. The first-order chi connectivity index (χ1) is 14.3. The van der Waals surface area contributed by atoms with E-state index in [0.29, 0.717) is 15.6 Å². The number of carbonyl (C=O) groups is 2. The Labute approximate surface area is 182 Å². The van der Waals surface area contributed by atoms with Gasteiger partial charge in [0, 0.05) is 10.3 Å². The molecule has 4 nitrogen and oxygen atoms in total. The van der Waals surface area contributed by atoms with E-state index in [2.05, 4.69) is 5.43 Å². The molecular weight excluding hydrogens is 425 g/mol. The third-order valence-electron chi connectivity index (χ3n) is 4.62. The average Bonchev–Trinajstić information content (AvgIpc) is 3.06. The number of alkyl halides is 3. The Morgan fingerprint density at radius 1 is 0.935 bits per heavy atom. The lowest BCUT2D eigenvalue weighted by atomic mass is 10.0. The van der Waals surface area contributed by atoms with Crippen LogP contribution in [-0.2, 0) is 6.18 Å². The van der Waals surface area contributed by atoms with Gasteiger partial charge in [-0.1, -0.05) is 17.2 Å². The van der Waals surface area contributed by atoms with Crippen molar-refractivity contribution in [2.45, 2.75) is 46.3 Å². The molecule has 0 bridgehead atoms. The molecule has 1 heterocycles. The van der Waals surface area contributed by atoms with Crippen LogP contribution in [0.5, 0.6) is 0 Å². The topological polar surface area (TPSA) is 49.4 Å². The number of carbonyl (C=O) groups excluding carboxylic acids is 2. The Kier molecular flexibility index (Phi) is 5.88. The molecule has 0 unspecified atom stereocenters. The fourth-order valence-electron chi connectivity index (χ4n) is 3.24. The predicted octanol–water partition coefficient (Wildman–Crippen LogP) is 6.12. The lowest BCUT2D eigenvalue weighted by molar-refractivity contribution is -0.137. The van der Waals surface area contributed by atoms with E-state index >= 15 is 0 Å². The van der Waals surface area contributed by atoms with Gasteiger partial charge in [0.15, 0.2) is 0 Å². The number of nitrogens with zero attached hydrogens (tertiary/aromatic N) is 1. The molecule has 1 aromatic heterocycles. The van der Waals surface area contributed by atoms with Crippen molar-refractivity contribution in [3.63, 3.8) is 0 Å². The third kappa shape index (κ3) is 5.07. The van der Waals surface area contributed by atoms with Crippen molar-refractivity contribution in [3.05, 3.63) is 69.6 Å². The third-order valence-corrected chi connectivity index (χ3v) is 5.74. The molecule has 3 aromatic rings. The van der Waals surface area contributed by atoms with E-state index < -0.39 is 23.2 Å². The maximum Gasteiger partial charge on any atom is 0.416 e. The molecule has 0 aliphatic heterocycles. The number of amides is 2. The van der Waals surface area contributed by atoms with Gasteiger partial charge in [-0.3, -0.25) is 15.0 Å². The first-order valence-electron chi connectivity index (χ1n) is 9.60. The molecule has 0 saturated heterocycles. The second-order valence-electron chi connectivity index (χ2n) is 8.49. The number of nitrogens with one attached hydrogen (secondary N) is 1. The van der Waals surface area contributed by atoms with E-state index in [4.69, 9.17) is 0 Å². The number of fused-ring (bicyclic) bond motifs is 1. The van der Waals surface area contributed by atoms with E-state index in [1.54, 1.807) is 32.9 Å². The van der Waals surface area contributed by atoms with Gasteiger partial charge in [0.2, 0.25) is 0 Å². The Bertz CT molecular complexity index is 1140. The van der Waals surface area contributed by atoms with Crippen LogP contribution in [0.2, 0.25) is 0 Å². The van der Waals surface area contributed by atoms with E-state index in [0.717, 1.165) is 34.6 Å².